The van der Waals surface area contributed by atoms with Crippen LogP contribution in [0, 0.1) is 5.92 Å². The van der Waals surface area contributed by atoms with Gasteiger partial charge in [-0.15, -0.1) is 0 Å². The van der Waals surface area contributed by atoms with Crippen molar-refractivity contribution < 1.29 is 9.53 Å². The number of ether oxygens (including phenoxy) is 1. The molecular formula is C20H26N2O2. The molecule has 0 aliphatic heterocycles. The van der Waals surface area contributed by atoms with Gasteiger partial charge in [-0.1, -0.05) is 49.4 Å². The highest BCUT2D eigenvalue weighted by atomic mass is 16.5. The Balaban J connectivity index is 2.01. The average molecular weight is 326 g/mol. The molecule has 0 radical (unpaired) electrons. The van der Waals surface area contributed by atoms with Crippen molar-refractivity contribution in [2.75, 3.05) is 6.61 Å². The third-order valence-corrected chi connectivity index (χ3v) is 4.16. The molecule has 0 heterocycles. The first kappa shape index (κ1) is 18.0. The van der Waals surface area contributed by atoms with E-state index in [4.69, 9.17) is 10.5 Å². The highest BCUT2D eigenvalue weighted by molar-refractivity contribution is 5.79. The van der Waals surface area contributed by atoms with E-state index in [1.54, 1.807) is 0 Å². The lowest BCUT2D eigenvalue weighted by atomic mass is 9.94. The number of hydrogen-bond acceptors (Lipinski definition) is 3. The molecule has 4 nitrogen and oxygen atoms in total. The molecule has 2 rings (SSSR count). The zero-order chi connectivity index (χ0) is 17.5. The van der Waals surface area contributed by atoms with Crippen molar-refractivity contribution in [3.05, 3.63) is 65.7 Å². The molecular weight excluding hydrogens is 300 g/mol. The molecule has 0 aromatic heterocycles. The summed E-state index contributed by atoms with van der Waals surface area (Å²) in [5, 5.41) is 3.04. The van der Waals surface area contributed by atoms with Gasteiger partial charge in [0, 0.05) is 6.04 Å². The van der Waals surface area contributed by atoms with Crippen LogP contribution < -0.4 is 15.8 Å². The van der Waals surface area contributed by atoms with E-state index in [0.29, 0.717) is 6.61 Å². The number of hydrogen-bond donors (Lipinski definition) is 2. The molecule has 128 valence electrons. The standard InChI is InChI=1S/C20H26N2O2/c1-4-24-18-12-8-11-17(13-18)15(3)22-20(23)14(2)19(21)16-9-6-5-7-10-16/h5-15,19H,4,21H2,1-3H3,(H,22,23). The van der Waals surface area contributed by atoms with Crippen molar-refractivity contribution in [2.24, 2.45) is 11.7 Å². The molecule has 0 saturated carbocycles. The van der Waals surface area contributed by atoms with Gasteiger partial charge in [0.25, 0.3) is 0 Å². The van der Waals surface area contributed by atoms with Gasteiger partial charge in [-0.3, -0.25) is 4.79 Å². The molecule has 0 saturated heterocycles. The molecule has 0 fully saturated rings. The SMILES string of the molecule is CCOc1cccc(C(C)NC(=O)C(C)C(N)c2ccccc2)c1. The van der Waals surface area contributed by atoms with Crippen LogP contribution in [0.5, 0.6) is 5.75 Å². The molecule has 1 amide bonds. The summed E-state index contributed by atoms with van der Waals surface area (Å²) in [5.41, 5.74) is 8.21. The molecule has 2 aromatic carbocycles. The van der Waals surface area contributed by atoms with E-state index in [-0.39, 0.29) is 23.9 Å². The van der Waals surface area contributed by atoms with E-state index < -0.39 is 0 Å². The highest BCUT2D eigenvalue weighted by Crippen LogP contribution is 2.22. The van der Waals surface area contributed by atoms with Gasteiger partial charge in [-0.25, -0.2) is 0 Å². The lowest BCUT2D eigenvalue weighted by Crippen LogP contribution is -2.36. The van der Waals surface area contributed by atoms with E-state index in [9.17, 15) is 4.79 Å². The highest BCUT2D eigenvalue weighted by Gasteiger charge is 2.23. The average Bonchev–Trinajstić information content (AvgIpc) is 2.61. The van der Waals surface area contributed by atoms with Gasteiger partial charge >= 0.3 is 0 Å². The molecule has 3 unspecified atom stereocenters. The second-order valence-electron chi connectivity index (χ2n) is 5.96. The smallest absolute Gasteiger partial charge is 0.225 e. The third kappa shape index (κ3) is 4.59. The maximum absolute atomic E-state index is 12.5. The van der Waals surface area contributed by atoms with Gasteiger partial charge in [0.1, 0.15) is 5.75 Å². The molecule has 0 aliphatic rings. The Hall–Kier alpha value is -2.33. The molecule has 0 bridgehead atoms. The summed E-state index contributed by atoms with van der Waals surface area (Å²) in [7, 11) is 0. The summed E-state index contributed by atoms with van der Waals surface area (Å²) in [6.07, 6.45) is 0. The topological polar surface area (TPSA) is 64.3 Å². The van der Waals surface area contributed by atoms with Crippen LogP contribution in [0.25, 0.3) is 0 Å². The largest absolute Gasteiger partial charge is 0.494 e. The van der Waals surface area contributed by atoms with Crippen LogP contribution in [-0.4, -0.2) is 12.5 Å². The minimum absolute atomic E-state index is 0.0549. The molecule has 0 spiro atoms. The Morgan fingerprint density at radius 1 is 1.08 bits per heavy atom. The quantitative estimate of drug-likeness (QED) is 0.817. The fourth-order valence-electron chi connectivity index (χ4n) is 2.60. The number of benzene rings is 2. The molecule has 3 atom stereocenters. The zero-order valence-electron chi connectivity index (χ0n) is 14.5. The second-order valence-corrected chi connectivity index (χ2v) is 5.96. The van der Waals surface area contributed by atoms with Crippen molar-refractivity contribution in [1.29, 1.82) is 0 Å². The lowest BCUT2D eigenvalue weighted by Gasteiger charge is -2.23. The predicted molar refractivity (Wildman–Crippen MR) is 96.7 cm³/mol. The zero-order valence-corrected chi connectivity index (χ0v) is 14.5. The van der Waals surface area contributed by atoms with E-state index >= 15 is 0 Å². The molecule has 0 aliphatic carbocycles. The first-order valence-electron chi connectivity index (χ1n) is 8.36. The first-order valence-corrected chi connectivity index (χ1v) is 8.36. The van der Waals surface area contributed by atoms with Crippen LogP contribution in [-0.2, 0) is 4.79 Å². The molecule has 3 N–H and O–H groups in total. The van der Waals surface area contributed by atoms with E-state index in [1.807, 2.05) is 75.4 Å². The van der Waals surface area contributed by atoms with Crippen LogP contribution in [0.3, 0.4) is 0 Å². The Labute approximate surface area is 144 Å². The van der Waals surface area contributed by atoms with Gasteiger partial charge < -0.3 is 15.8 Å². The first-order chi connectivity index (χ1) is 11.5. The Morgan fingerprint density at radius 3 is 2.42 bits per heavy atom. The van der Waals surface area contributed by atoms with Gasteiger partial charge in [-0.05, 0) is 37.1 Å². The summed E-state index contributed by atoms with van der Waals surface area (Å²) in [6, 6.07) is 17.0. The van der Waals surface area contributed by atoms with E-state index in [0.717, 1.165) is 16.9 Å². The van der Waals surface area contributed by atoms with Crippen molar-refractivity contribution in [3.63, 3.8) is 0 Å². The van der Waals surface area contributed by atoms with E-state index in [1.165, 1.54) is 0 Å². The van der Waals surface area contributed by atoms with Crippen LogP contribution in [0.1, 0.15) is 44.0 Å². The summed E-state index contributed by atoms with van der Waals surface area (Å²) in [6.45, 7) is 6.39. The third-order valence-electron chi connectivity index (χ3n) is 4.16. The monoisotopic (exact) mass is 326 g/mol. The number of carbonyl (C=O) groups is 1. The van der Waals surface area contributed by atoms with Crippen LogP contribution in [0.4, 0.5) is 0 Å². The van der Waals surface area contributed by atoms with Gasteiger partial charge in [0.15, 0.2) is 0 Å². The summed E-state index contributed by atoms with van der Waals surface area (Å²) in [5.74, 6) is 0.440. The number of amides is 1. The van der Waals surface area contributed by atoms with Gasteiger partial charge in [0.2, 0.25) is 5.91 Å². The molecule has 24 heavy (non-hydrogen) atoms. The fraction of sp³-hybridized carbons (Fsp3) is 0.350. The van der Waals surface area contributed by atoms with Crippen molar-refractivity contribution in [2.45, 2.75) is 32.9 Å². The fourth-order valence-corrected chi connectivity index (χ4v) is 2.60. The normalized spacial score (nSPS) is 14.5. The summed E-state index contributed by atoms with van der Waals surface area (Å²) >= 11 is 0. The van der Waals surface area contributed by atoms with Gasteiger partial charge in [-0.2, -0.15) is 0 Å². The summed E-state index contributed by atoms with van der Waals surface area (Å²) < 4.78 is 5.51. The van der Waals surface area contributed by atoms with Gasteiger partial charge in [0.05, 0.1) is 18.6 Å². The van der Waals surface area contributed by atoms with Crippen molar-refractivity contribution in [3.8, 4) is 5.75 Å². The van der Waals surface area contributed by atoms with Crippen LogP contribution >= 0.6 is 0 Å². The number of nitrogens with two attached hydrogens (primary N) is 1. The number of rotatable bonds is 7. The Morgan fingerprint density at radius 2 is 1.75 bits per heavy atom. The van der Waals surface area contributed by atoms with Crippen LogP contribution in [0.2, 0.25) is 0 Å². The summed E-state index contributed by atoms with van der Waals surface area (Å²) in [4.78, 5) is 12.5. The lowest BCUT2D eigenvalue weighted by molar-refractivity contribution is -0.125. The minimum Gasteiger partial charge on any atom is -0.494 e. The molecule has 4 heteroatoms. The predicted octanol–water partition coefficient (Wildman–Crippen LogP) is 3.60. The maximum Gasteiger partial charge on any atom is 0.225 e. The number of nitrogens with one attached hydrogen (secondary N) is 1. The Bertz CT molecular complexity index is 658. The Kier molecular flexibility index (Phi) is 6.38. The van der Waals surface area contributed by atoms with E-state index in [2.05, 4.69) is 5.32 Å². The van der Waals surface area contributed by atoms with Crippen molar-refractivity contribution in [1.82, 2.24) is 5.32 Å². The van der Waals surface area contributed by atoms with Crippen molar-refractivity contribution >= 4 is 5.91 Å². The van der Waals surface area contributed by atoms with Crippen LogP contribution in [0.15, 0.2) is 54.6 Å². The second kappa shape index (κ2) is 8.50. The maximum atomic E-state index is 12.5. The minimum atomic E-state index is -0.326. The molecule has 2 aromatic rings. The number of carbonyl (C=O) groups excluding carboxylic acids is 1.